The monoisotopic (exact) mass is 426 g/mol. The number of rotatable bonds is 5. The van der Waals surface area contributed by atoms with Gasteiger partial charge >= 0.3 is 17.4 Å². The molecule has 0 aliphatic carbocycles. The molecule has 2 rings (SSSR count). The Morgan fingerprint density at radius 1 is 1.04 bits per heavy atom. The Bertz CT molecular complexity index is 913. The summed E-state index contributed by atoms with van der Waals surface area (Å²) in [6, 6.07) is 8.54. The SMILES string of the molecule is Cc1[c]c(C)c(-c2ccccc2[N+](=O)[O-])c(SC(F)(F)C(F)(F)C(F)(F)F)c1. The van der Waals surface area contributed by atoms with Crippen LogP contribution in [0.2, 0.25) is 0 Å². The maximum atomic E-state index is 14.0. The van der Waals surface area contributed by atoms with Crippen molar-refractivity contribution in [3.8, 4) is 11.1 Å². The molecule has 0 saturated heterocycles. The quantitative estimate of drug-likeness (QED) is 0.235. The number of alkyl halides is 7. The third-order valence-corrected chi connectivity index (χ3v) is 4.74. The van der Waals surface area contributed by atoms with E-state index in [4.69, 9.17) is 0 Å². The summed E-state index contributed by atoms with van der Waals surface area (Å²) in [5.41, 5.74) is -0.706. The summed E-state index contributed by atoms with van der Waals surface area (Å²) in [5, 5.41) is 5.68. The highest BCUT2D eigenvalue weighted by Gasteiger charge is 2.73. The van der Waals surface area contributed by atoms with Gasteiger partial charge in [0.2, 0.25) is 0 Å². The predicted molar refractivity (Wildman–Crippen MR) is 88.6 cm³/mol. The third-order valence-electron chi connectivity index (χ3n) is 3.68. The van der Waals surface area contributed by atoms with Gasteiger partial charge in [-0.15, -0.1) is 0 Å². The number of para-hydroxylation sites is 1. The number of nitro groups is 1. The second kappa shape index (κ2) is 7.26. The lowest BCUT2D eigenvalue weighted by Gasteiger charge is -2.28. The molecule has 0 aromatic heterocycles. The van der Waals surface area contributed by atoms with Crippen LogP contribution in [0.15, 0.2) is 35.2 Å². The van der Waals surface area contributed by atoms with E-state index in [1.807, 2.05) is 0 Å². The van der Waals surface area contributed by atoms with Crippen LogP contribution < -0.4 is 0 Å². The van der Waals surface area contributed by atoms with Crippen molar-refractivity contribution in [1.82, 2.24) is 0 Å². The molecule has 0 amide bonds. The number of benzene rings is 2. The Morgan fingerprint density at radius 2 is 1.61 bits per heavy atom. The number of aryl methyl sites for hydroxylation is 2. The third kappa shape index (κ3) is 3.94. The molecule has 0 bridgehead atoms. The van der Waals surface area contributed by atoms with Crippen LogP contribution in [0, 0.1) is 30.0 Å². The summed E-state index contributed by atoms with van der Waals surface area (Å²) in [5.74, 6) is -6.31. The first-order chi connectivity index (χ1) is 12.7. The van der Waals surface area contributed by atoms with Gasteiger partial charge in [0.1, 0.15) is 0 Å². The van der Waals surface area contributed by atoms with Gasteiger partial charge in [0.15, 0.2) is 0 Å². The second-order valence-corrected chi connectivity index (χ2v) is 6.94. The topological polar surface area (TPSA) is 43.1 Å². The van der Waals surface area contributed by atoms with Gasteiger partial charge in [0, 0.05) is 16.5 Å². The minimum absolute atomic E-state index is 0.0860. The standard InChI is InChI=1S/C17H11F7NO2S/c1-9-7-10(2)14(11-5-3-4-6-12(11)25(26)27)13(8-9)28-17(23,24)15(18,19)16(20,21)22/h3-6,8H,1-2H3. The van der Waals surface area contributed by atoms with Crippen LogP contribution >= 0.6 is 11.8 Å². The first-order valence-electron chi connectivity index (χ1n) is 7.47. The van der Waals surface area contributed by atoms with E-state index in [2.05, 4.69) is 6.07 Å². The Morgan fingerprint density at radius 3 is 2.14 bits per heavy atom. The van der Waals surface area contributed by atoms with Gasteiger partial charge in [-0.25, -0.2) is 0 Å². The highest BCUT2D eigenvalue weighted by Crippen LogP contribution is 2.55. The van der Waals surface area contributed by atoms with Gasteiger partial charge in [-0.2, -0.15) is 30.7 Å². The van der Waals surface area contributed by atoms with Crippen molar-refractivity contribution in [1.29, 1.82) is 0 Å². The molecule has 0 fully saturated rings. The smallest absolute Gasteiger partial charge is 0.258 e. The van der Waals surface area contributed by atoms with Crippen molar-refractivity contribution in [3.63, 3.8) is 0 Å². The van der Waals surface area contributed by atoms with Crippen LogP contribution in [0.3, 0.4) is 0 Å². The van der Waals surface area contributed by atoms with Crippen LogP contribution in [0.25, 0.3) is 11.1 Å². The number of hydrogen-bond acceptors (Lipinski definition) is 3. The molecule has 0 atom stereocenters. The molecule has 1 radical (unpaired) electrons. The van der Waals surface area contributed by atoms with Crippen LogP contribution in [-0.4, -0.2) is 22.3 Å². The summed E-state index contributed by atoms with van der Waals surface area (Å²) >= 11 is -0.996. The zero-order valence-electron chi connectivity index (χ0n) is 14.2. The number of nitro benzene ring substituents is 1. The molecule has 0 N–H and O–H groups in total. The minimum Gasteiger partial charge on any atom is -0.258 e. The molecule has 0 heterocycles. The van der Waals surface area contributed by atoms with E-state index in [1.165, 1.54) is 32.0 Å². The molecule has 2 aromatic carbocycles. The van der Waals surface area contributed by atoms with Crippen LogP contribution in [-0.2, 0) is 0 Å². The summed E-state index contributed by atoms with van der Waals surface area (Å²) in [6.45, 7) is 2.71. The largest absolute Gasteiger partial charge is 0.460 e. The molecule has 0 unspecified atom stereocenters. The van der Waals surface area contributed by atoms with E-state index in [1.54, 1.807) is 0 Å². The van der Waals surface area contributed by atoms with Gasteiger partial charge < -0.3 is 0 Å². The van der Waals surface area contributed by atoms with Crippen molar-refractivity contribution in [2.24, 2.45) is 0 Å². The van der Waals surface area contributed by atoms with E-state index in [-0.39, 0.29) is 22.3 Å². The minimum atomic E-state index is -6.48. The van der Waals surface area contributed by atoms with Crippen molar-refractivity contribution in [2.75, 3.05) is 0 Å². The second-order valence-electron chi connectivity index (χ2n) is 5.78. The molecule has 0 aliphatic heterocycles. The van der Waals surface area contributed by atoms with Crippen molar-refractivity contribution in [2.45, 2.75) is 36.1 Å². The van der Waals surface area contributed by atoms with E-state index in [0.29, 0.717) is 0 Å². The molecule has 0 aliphatic rings. The van der Waals surface area contributed by atoms with Crippen LogP contribution in [0.5, 0.6) is 0 Å². The molecule has 28 heavy (non-hydrogen) atoms. The zero-order chi connectivity index (χ0) is 21.5. The summed E-state index contributed by atoms with van der Waals surface area (Å²) in [4.78, 5) is 9.76. The summed E-state index contributed by atoms with van der Waals surface area (Å²) in [6.07, 6.45) is -6.48. The molecule has 151 valence electrons. The average molecular weight is 426 g/mol. The molecule has 3 nitrogen and oxygen atoms in total. The lowest BCUT2D eigenvalue weighted by molar-refractivity contribution is -0.384. The maximum Gasteiger partial charge on any atom is 0.460 e. The Balaban J connectivity index is 2.70. The predicted octanol–water partition coefficient (Wildman–Crippen LogP) is 6.56. The number of hydrogen-bond donors (Lipinski definition) is 0. The van der Waals surface area contributed by atoms with Crippen LogP contribution in [0.4, 0.5) is 36.4 Å². The number of nitrogens with zero attached hydrogens (tertiary/aromatic N) is 1. The van der Waals surface area contributed by atoms with Gasteiger partial charge in [-0.1, -0.05) is 12.1 Å². The molecule has 2 aromatic rings. The van der Waals surface area contributed by atoms with Crippen molar-refractivity contribution >= 4 is 17.4 Å². The molecular formula is C17H11F7NO2S. The normalized spacial score (nSPS) is 12.9. The Kier molecular flexibility index (Phi) is 5.71. The highest BCUT2D eigenvalue weighted by atomic mass is 32.2. The summed E-state index contributed by atoms with van der Waals surface area (Å²) < 4.78 is 91.9. The fraction of sp³-hybridized carbons (Fsp3) is 0.294. The molecule has 11 heteroatoms. The number of halogens is 7. The highest BCUT2D eigenvalue weighted by molar-refractivity contribution is 8.00. The van der Waals surface area contributed by atoms with E-state index in [9.17, 15) is 40.8 Å². The van der Waals surface area contributed by atoms with Crippen molar-refractivity contribution in [3.05, 3.63) is 57.6 Å². The lowest BCUT2D eigenvalue weighted by atomic mass is 9.97. The molecular weight excluding hydrogens is 415 g/mol. The van der Waals surface area contributed by atoms with E-state index in [0.717, 1.165) is 12.1 Å². The molecule has 0 spiro atoms. The van der Waals surface area contributed by atoms with E-state index >= 15 is 0 Å². The number of thioether (sulfide) groups is 1. The zero-order valence-corrected chi connectivity index (χ0v) is 15.0. The van der Waals surface area contributed by atoms with E-state index < -0.39 is 44.6 Å². The van der Waals surface area contributed by atoms with Gasteiger partial charge in [-0.05, 0) is 54.9 Å². The summed E-state index contributed by atoms with van der Waals surface area (Å²) in [7, 11) is 0. The Labute approximate surface area is 158 Å². The van der Waals surface area contributed by atoms with Crippen molar-refractivity contribution < 1.29 is 35.7 Å². The van der Waals surface area contributed by atoms with Gasteiger partial charge in [0.05, 0.1) is 10.5 Å². The Hall–Kier alpha value is -2.30. The molecule has 0 saturated carbocycles. The lowest BCUT2D eigenvalue weighted by Crippen LogP contribution is -2.49. The maximum absolute atomic E-state index is 14.0. The van der Waals surface area contributed by atoms with Crippen LogP contribution in [0.1, 0.15) is 11.1 Å². The first kappa shape index (κ1) is 22.0. The van der Waals surface area contributed by atoms with Gasteiger partial charge in [0.25, 0.3) is 5.69 Å². The first-order valence-corrected chi connectivity index (χ1v) is 8.29. The fourth-order valence-electron chi connectivity index (χ4n) is 2.47. The van der Waals surface area contributed by atoms with Gasteiger partial charge in [-0.3, -0.25) is 10.1 Å². The average Bonchev–Trinajstić information content (AvgIpc) is 2.52. The fourth-order valence-corrected chi connectivity index (χ4v) is 3.60.